The Hall–Kier alpha value is -4.15. The number of hydrogen-bond acceptors (Lipinski definition) is 3. The quantitative estimate of drug-likeness (QED) is 0.124. The molecule has 4 aromatic carbocycles. The summed E-state index contributed by atoms with van der Waals surface area (Å²) in [6.07, 6.45) is 3.74. The van der Waals surface area contributed by atoms with Crippen molar-refractivity contribution in [3.05, 3.63) is 150 Å². The van der Waals surface area contributed by atoms with Gasteiger partial charge in [-0.2, -0.15) is 0 Å². The minimum absolute atomic E-state index is 0. The molecule has 5 heteroatoms. The Labute approximate surface area is 296 Å². The summed E-state index contributed by atoms with van der Waals surface area (Å²) in [6.45, 7) is 12.7. The van der Waals surface area contributed by atoms with E-state index in [2.05, 4.69) is 48.9 Å². The van der Waals surface area contributed by atoms with Crippen LogP contribution in [-0.4, -0.2) is 18.0 Å². The molecule has 1 unspecified atom stereocenters. The Balaban J connectivity index is 0.000000188. The third-order valence-corrected chi connectivity index (χ3v) is 10.3. The molecule has 0 fully saturated rings. The average Bonchev–Trinajstić information content (AvgIpc) is 3.47. The second-order valence-electron chi connectivity index (χ2n) is 12.8. The Morgan fingerprint density at radius 2 is 1.47 bits per heavy atom. The Morgan fingerprint density at radius 1 is 0.723 bits per heavy atom. The van der Waals surface area contributed by atoms with Gasteiger partial charge in [0.25, 0.3) is 0 Å². The van der Waals surface area contributed by atoms with Crippen LogP contribution in [0.1, 0.15) is 52.0 Å². The number of pyridine rings is 2. The molecule has 0 amide bonds. The molecular formula is C42H40IrN2OSi-2. The van der Waals surface area contributed by atoms with Crippen molar-refractivity contribution in [2.75, 3.05) is 0 Å². The fourth-order valence-electron chi connectivity index (χ4n) is 5.67. The van der Waals surface area contributed by atoms with Crippen LogP contribution >= 0.6 is 0 Å². The van der Waals surface area contributed by atoms with E-state index in [1.807, 2.05) is 124 Å². The van der Waals surface area contributed by atoms with E-state index in [0.717, 1.165) is 61.1 Å². The first-order chi connectivity index (χ1) is 22.8. The molecule has 0 bridgehead atoms. The van der Waals surface area contributed by atoms with E-state index < -0.39 is 19.9 Å². The molecule has 0 N–H and O–H groups in total. The number of aromatic nitrogens is 2. The van der Waals surface area contributed by atoms with Crippen LogP contribution in [0.2, 0.25) is 19.6 Å². The molecule has 3 heterocycles. The largest absolute Gasteiger partial charge is 0.501 e. The number of hydrogen-bond donors (Lipinski definition) is 0. The van der Waals surface area contributed by atoms with Crippen molar-refractivity contribution < 1.29 is 27.3 Å². The topological polar surface area (TPSA) is 38.9 Å². The molecule has 1 radical (unpaired) electrons. The molecule has 7 aromatic rings. The van der Waals surface area contributed by atoms with Crippen molar-refractivity contribution >= 4 is 35.2 Å². The molecule has 47 heavy (non-hydrogen) atoms. The molecule has 0 saturated heterocycles. The summed E-state index contributed by atoms with van der Waals surface area (Å²) in [5.41, 5.74) is 8.10. The van der Waals surface area contributed by atoms with Crippen LogP contribution in [-0.2, 0) is 20.1 Å². The minimum atomic E-state index is -1.64. The van der Waals surface area contributed by atoms with Crippen molar-refractivity contribution in [2.45, 2.75) is 52.2 Å². The molecule has 7 rings (SSSR count). The van der Waals surface area contributed by atoms with Gasteiger partial charge in [0, 0.05) is 46.5 Å². The van der Waals surface area contributed by atoms with Crippen LogP contribution in [0.25, 0.3) is 44.5 Å². The fraction of sp³-hybridized carbons (Fsp3) is 0.190. The molecule has 0 aliphatic carbocycles. The van der Waals surface area contributed by atoms with Gasteiger partial charge in [0.2, 0.25) is 0 Å². The van der Waals surface area contributed by atoms with Gasteiger partial charge in [-0.1, -0.05) is 118 Å². The Kier molecular flexibility index (Phi) is 9.86. The Bertz CT molecular complexity index is 2190. The van der Waals surface area contributed by atoms with Gasteiger partial charge in [0.15, 0.2) is 0 Å². The van der Waals surface area contributed by atoms with E-state index in [1.165, 1.54) is 5.19 Å². The monoisotopic (exact) mass is 811 g/mol. The SMILES string of the molecule is [2H]C(C)(C)c1ccnc(-c2[c-]ccc3c2oc2ccccc23)c1.[2H]C(C)(c1ccccc1)c1cc(-c2[c-]cccc2)ncc1[Si](C)(C)C.[Ir]. The van der Waals surface area contributed by atoms with Crippen molar-refractivity contribution in [2.24, 2.45) is 0 Å². The van der Waals surface area contributed by atoms with Crippen molar-refractivity contribution in [1.29, 1.82) is 0 Å². The van der Waals surface area contributed by atoms with Crippen LogP contribution in [0.4, 0.5) is 0 Å². The zero-order valence-electron chi connectivity index (χ0n) is 29.7. The summed E-state index contributed by atoms with van der Waals surface area (Å²) in [6, 6.07) is 42.3. The summed E-state index contributed by atoms with van der Waals surface area (Å²) in [5.74, 6) is -1.48. The molecule has 0 aliphatic rings. The van der Waals surface area contributed by atoms with Crippen molar-refractivity contribution in [1.82, 2.24) is 9.97 Å². The predicted octanol–water partition coefficient (Wildman–Crippen LogP) is 10.8. The zero-order valence-corrected chi connectivity index (χ0v) is 31.1. The van der Waals surface area contributed by atoms with Crippen LogP contribution in [0.3, 0.4) is 0 Å². The normalized spacial score (nSPS) is 13.5. The fourth-order valence-corrected chi connectivity index (χ4v) is 7.19. The molecule has 239 valence electrons. The third kappa shape index (κ3) is 7.54. The van der Waals surface area contributed by atoms with Gasteiger partial charge in [0.05, 0.1) is 13.7 Å². The van der Waals surface area contributed by atoms with Gasteiger partial charge in [-0.15, -0.1) is 54.1 Å². The van der Waals surface area contributed by atoms with Gasteiger partial charge in [-0.05, 0) is 45.7 Å². The van der Waals surface area contributed by atoms with E-state index in [1.54, 1.807) is 6.20 Å². The molecular weight excluding hydrogens is 769 g/mol. The maximum Gasteiger partial charge on any atom is 0.120 e. The molecule has 3 nitrogen and oxygen atoms in total. The second-order valence-corrected chi connectivity index (χ2v) is 17.8. The minimum Gasteiger partial charge on any atom is -0.501 e. The van der Waals surface area contributed by atoms with Gasteiger partial charge < -0.3 is 14.4 Å². The summed E-state index contributed by atoms with van der Waals surface area (Å²) in [4.78, 5) is 9.17. The van der Waals surface area contributed by atoms with E-state index in [9.17, 15) is 1.37 Å². The van der Waals surface area contributed by atoms with Crippen LogP contribution < -0.4 is 5.19 Å². The van der Waals surface area contributed by atoms with Gasteiger partial charge in [-0.25, -0.2) is 0 Å². The van der Waals surface area contributed by atoms with Crippen LogP contribution in [0.15, 0.2) is 126 Å². The number of benzene rings is 4. The van der Waals surface area contributed by atoms with Gasteiger partial charge in [0.1, 0.15) is 5.58 Å². The first-order valence-electron chi connectivity index (χ1n) is 16.7. The first-order valence-corrected chi connectivity index (χ1v) is 19.2. The molecule has 3 aromatic heterocycles. The number of nitrogens with zero attached hydrogens (tertiary/aromatic N) is 2. The summed E-state index contributed by atoms with van der Waals surface area (Å²) in [5, 5.41) is 3.40. The van der Waals surface area contributed by atoms with Crippen molar-refractivity contribution in [3.8, 4) is 22.5 Å². The van der Waals surface area contributed by atoms with Gasteiger partial charge in [-0.3, -0.25) is 0 Å². The number of rotatable bonds is 6. The van der Waals surface area contributed by atoms with E-state index >= 15 is 0 Å². The first kappa shape index (κ1) is 31.4. The van der Waals surface area contributed by atoms with Crippen LogP contribution in [0, 0.1) is 12.1 Å². The predicted molar refractivity (Wildman–Crippen MR) is 195 cm³/mol. The maximum atomic E-state index is 9.17. The molecule has 0 saturated carbocycles. The number of fused-ring (bicyclic) bond motifs is 3. The number of para-hydroxylation sites is 1. The smallest absolute Gasteiger partial charge is 0.120 e. The van der Waals surface area contributed by atoms with Crippen molar-refractivity contribution in [3.63, 3.8) is 0 Å². The summed E-state index contributed by atoms with van der Waals surface area (Å²) < 4.78 is 23.4. The molecule has 1 atom stereocenters. The summed E-state index contributed by atoms with van der Waals surface area (Å²) >= 11 is 0. The van der Waals surface area contributed by atoms with E-state index in [0.29, 0.717) is 0 Å². The maximum absolute atomic E-state index is 9.17. The second kappa shape index (κ2) is 14.7. The summed E-state index contributed by atoms with van der Waals surface area (Å²) in [7, 11) is -1.64. The van der Waals surface area contributed by atoms with Crippen LogP contribution in [0.5, 0.6) is 0 Å². The van der Waals surface area contributed by atoms with E-state index in [-0.39, 0.29) is 20.1 Å². The average molecular weight is 811 g/mol. The number of furan rings is 1. The molecule has 0 spiro atoms. The molecule has 0 aliphatic heterocycles. The van der Waals surface area contributed by atoms with E-state index in [4.69, 9.17) is 10.8 Å². The Morgan fingerprint density at radius 3 is 2.19 bits per heavy atom. The third-order valence-electron chi connectivity index (χ3n) is 8.24. The van der Waals surface area contributed by atoms with Gasteiger partial charge >= 0.3 is 0 Å². The zero-order chi connectivity index (χ0) is 34.1. The standard InChI is InChI=1S/C22H24NSi.C20H16NO.Ir/c1-17(18-11-7-5-8-12-18)20-15-21(19-13-9-6-10-14-19)23-16-22(20)24(2,3)4;1-13(2)14-10-11-21-18(12-14)17-8-5-7-16-15-6-3-4-9-19(15)22-20(16)17;/h5-13,15-17H,1-4H3;3-7,9-13H,1-2H3;/q2*-1;/i17D;13D;.